The molecule has 1 rings (SSSR count). The monoisotopic (exact) mass is 261 g/mol. The maximum Gasteiger partial charge on any atom is 0.242 e. The third-order valence-corrected chi connectivity index (χ3v) is 3.65. The maximum atomic E-state index is 12.9. The molecule has 0 unspecified atom stereocenters. The Kier molecular flexibility index (Phi) is 4.18. The highest BCUT2D eigenvalue weighted by molar-refractivity contribution is 7.89. The number of nitrogens with one attached hydrogen (secondary N) is 1. The van der Waals surface area contributed by atoms with Crippen LogP contribution in [0.25, 0.3) is 0 Å². The SMILES string of the molecule is CC(C)(CN)CNS(=O)(=O)c1cncc(F)c1. The summed E-state index contributed by atoms with van der Waals surface area (Å²) in [7, 11) is -3.73. The molecule has 1 aromatic rings. The van der Waals surface area contributed by atoms with E-state index >= 15 is 0 Å². The van der Waals surface area contributed by atoms with Gasteiger partial charge in [-0.2, -0.15) is 0 Å². The van der Waals surface area contributed by atoms with E-state index in [1.165, 1.54) is 0 Å². The second-order valence-corrected chi connectivity index (χ2v) is 6.30. The van der Waals surface area contributed by atoms with Gasteiger partial charge in [0.05, 0.1) is 6.20 Å². The van der Waals surface area contributed by atoms with Gasteiger partial charge in [-0.3, -0.25) is 4.98 Å². The van der Waals surface area contributed by atoms with Crippen molar-refractivity contribution in [1.29, 1.82) is 0 Å². The number of sulfonamides is 1. The number of hydrogen-bond acceptors (Lipinski definition) is 4. The van der Waals surface area contributed by atoms with Crippen LogP contribution in [0, 0.1) is 11.2 Å². The lowest BCUT2D eigenvalue weighted by Crippen LogP contribution is -2.38. The Labute approximate surface area is 100 Å². The first kappa shape index (κ1) is 14.0. The summed E-state index contributed by atoms with van der Waals surface area (Å²) < 4.78 is 38.8. The van der Waals surface area contributed by atoms with Crippen molar-refractivity contribution in [2.45, 2.75) is 18.7 Å². The van der Waals surface area contributed by atoms with Gasteiger partial charge in [-0.15, -0.1) is 0 Å². The molecule has 17 heavy (non-hydrogen) atoms. The standard InChI is InChI=1S/C10H16FN3O2S/c1-10(2,6-12)7-14-17(15,16)9-3-8(11)4-13-5-9/h3-5,14H,6-7,12H2,1-2H3. The molecule has 96 valence electrons. The zero-order valence-corrected chi connectivity index (χ0v) is 10.6. The fourth-order valence-electron chi connectivity index (χ4n) is 0.985. The molecule has 1 heterocycles. The van der Waals surface area contributed by atoms with Gasteiger partial charge < -0.3 is 5.73 Å². The summed E-state index contributed by atoms with van der Waals surface area (Å²) in [5.41, 5.74) is 5.14. The van der Waals surface area contributed by atoms with E-state index in [4.69, 9.17) is 5.73 Å². The molecule has 5 nitrogen and oxygen atoms in total. The van der Waals surface area contributed by atoms with Crippen molar-refractivity contribution in [3.05, 3.63) is 24.3 Å². The Morgan fingerprint density at radius 3 is 2.65 bits per heavy atom. The number of rotatable bonds is 5. The molecule has 0 amide bonds. The number of aromatic nitrogens is 1. The van der Waals surface area contributed by atoms with Gasteiger partial charge in [0, 0.05) is 12.7 Å². The molecule has 0 fully saturated rings. The molecule has 1 aromatic heterocycles. The van der Waals surface area contributed by atoms with Crippen LogP contribution in [-0.4, -0.2) is 26.5 Å². The van der Waals surface area contributed by atoms with Crippen LogP contribution in [0.15, 0.2) is 23.4 Å². The first-order valence-electron chi connectivity index (χ1n) is 5.07. The van der Waals surface area contributed by atoms with Crippen molar-refractivity contribution >= 4 is 10.0 Å². The van der Waals surface area contributed by atoms with Crippen LogP contribution in [0.3, 0.4) is 0 Å². The molecule has 7 heteroatoms. The molecule has 0 aliphatic carbocycles. The van der Waals surface area contributed by atoms with Gasteiger partial charge >= 0.3 is 0 Å². The largest absolute Gasteiger partial charge is 0.330 e. The Morgan fingerprint density at radius 1 is 1.47 bits per heavy atom. The van der Waals surface area contributed by atoms with Gasteiger partial charge in [0.1, 0.15) is 10.7 Å². The highest BCUT2D eigenvalue weighted by Crippen LogP contribution is 2.13. The molecular formula is C10H16FN3O2S. The Balaban J connectivity index is 2.83. The van der Waals surface area contributed by atoms with E-state index in [1.54, 1.807) is 0 Å². The first-order chi connectivity index (χ1) is 7.77. The van der Waals surface area contributed by atoms with Gasteiger partial charge in [-0.1, -0.05) is 13.8 Å². The molecule has 0 bridgehead atoms. The van der Waals surface area contributed by atoms with E-state index in [-0.39, 0.29) is 16.9 Å². The summed E-state index contributed by atoms with van der Waals surface area (Å²) in [4.78, 5) is 3.31. The molecule has 3 N–H and O–H groups in total. The quantitative estimate of drug-likeness (QED) is 0.807. The summed E-state index contributed by atoms with van der Waals surface area (Å²) in [6, 6.07) is 0.921. The lowest BCUT2D eigenvalue weighted by Gasteiger charge is -2.22. The maximum absolute atomic E-state index is 12.9. The third-order valence-electron chi connectivity index (χ3n) is 2.28. The molecular weight excluding hydrogens is 245 g/mol. The van der Waals surface area contributed by atoms with Crippen LogP contribution in [0.1, 0.15) is 13.8 Å². The molecule has 0 spiro atoms. The van der Waals surface area contributed by atoms with Crippen LogP contribution < -0.4 is 10.5 Å². The topological polar surface area (TPSA) is 85.1 Å². The Bertz CT molecular complexity index is 488. The van der Waals surface area contributed by atoms with E-state index in [9.17, 15) is 12.8 Å². The van der Waals surface area contributed by atoms with Crippen molar-refractivity contribution in [1.82, 2.24) is 9.71 Å². The zero-order chi connectivity index (χ0) is 13.1. The summed E-state index contributed by atoms with van der Waals surface area (Å²) in [5.74, 6) is -0.689. The molecule has 0 atom stereocenters. The van der Waals surface area contributed by atoms with Crippen molar-refractivity contribution in [3.8, 4) is 0 Å². The second-order valence-electron chi connectivity index (χ2n) is 4.53. The van der Waals surface area contributed by atoms with E-state index in [2.05, 4.69) is 9.71 Å². The number of pyridine rings is 1. The van der Waals surface area contributed by atoms with E-state index in [0.717, 1.165) is 18.5 Å². The normalized spacial score (nSPS) is 12.7. The highest BCUT2D eigenvalue weighted by Gasteiger charge is 2.21. The fourth-order valence-corrected chi connectivity index (χ4v) is 2.20. The molecule has 0 radical (unpaired) electrons. The first-order valence-corrected chi connectivity index (χ1v) is 6.55. The summed E-state index contributed by atoms with van der Waals surface area (Å²) in [6.45, 7) is 4.19. The van der Waals surface area contributed by atoms with Crippen LogP contribution in [0.4, 0.5) is 4.39 Å². The van der Waals surface area contributed by atoms with Gasteiger partial charge in [0.2, 0.25) is 10.0 Å². The number of nitrogens with zero attached hydrogens (tertiary/aromatic N) is 1. The van der Waals surface area contributed by atoms with Crippen molar-refractivity contribution in [2.24, 2.45) is 11.1 Å². The van der Waals surface area contributed by atoms with Gasteiger partial charge in [-0.25, -0.2) is 17.5 Å². The lowest BCUT2D eigenvalue weighted by atomic mass is 9.95. The summed E-state index contributed by atoms with van der Waals surface area (Å²) in [5, 5.41) is 0. The molecule has 0 saturated carbocycles. The third kappa shape index (κ3) is 4.03. The fraction of sp³-hybridized carbons (Fsp3) is 0.500. The van der Waals surface area contributed by atoms with Crippen molar-refractivity contribution in [3.63, 3.8) is 0 Å². The number of halogens is 1. The van der Waals surface area contributed by atoms with Crippen LogP contribution >= 0.6 is 0 Å². The van der Waals surface area contributed by atoms with E-state index < -0.39 is 15.8 Å². The minimum absolute atomic E-state index is 0.183. The summed E-state index contributed by atoms with van der Waals surface area (Å²) >= 11 is 0. The molecule has 0 aliphatic heterocycles. The van der Waals surface area contributed by atoms with Crippen molar-refractivity contribution in [2.75, 3.05) is 13.1 Å². The van der Waals surface area contributed by atoms with Crippen LogP contribution in [0.5, 0.6) is 0 Å². The Hall–Kier alpha value is -1.05. The number of nitrogens with two attached hydrogens (primary N) is 1. The number of hydrogen-bond donors (Lipinski definition) is 2. The van der Waals surface area contributed by atoms with Crippen LogP contribution in [0.2, 0.25) is 0 Å². The zero-order valence-electron chi connectivity index (χ0n) is 9.77. The van der Waals surface area contributed by atoms with E-state index in [1.807, 2.05) is 13.8 Å². The van der Waals surface area contributed by atoms with Crippen LogP contribution in [-0.2, 0) is 10.0 Å². The van der Waals surface area contributed by atoms with Gasteiger partial charge in [0.15, 0.2) is 0 Å². The minimum atomic E-state index is -3.73. The lowest BCUT2D eigenvalue weighted by molar-refractivity contribution is 0.376. The minimum Gasteiger partial charge on any atom is -0.330 e. The average molecular weight is 261 g/mol. The van der Waals surface area contributed by atoms with Gasteiger partial charge in [-0.05, 0) is 18.0 Å². The van der Waals surface area contributed by atoms with E-state index in [0.29, 0.717) is 6.54 Å². The predicted octanol–water partition coefficient (Wildman–Crippen LogP) is 0.484. The average Bonchev–Trinajstić information content (AvgIpc) is 2.27. The smallest absolute Gasteiger partial charge is 0.242 e. The second kappa shape index (κ2) is 5.07. The molecule has 0 aliphatic rings. The summed E-state index contributed by atoms with van der Waals surface area (Å²) in [6.07, 6.45) is 2.05. The highest BCUT2D eigenvalue weighted by atomic mass is 32.2. The Morgan fingerprint density at radius 2 is 2.12 bits per heavy atom. The predicted molar refractivity (Wildman–Crippen MR) is 62.2 cm³/mol. The van der Waals surface area contributed by atoms with Crippen molar-refractivity contribution < 1.29 is 12.8 Å². The molecule has 0 aromatic carbocycles. The van der Waals surface area contributed by atoms with Gasteiger partial charge in [0.25, 0.3) is 0 Å². The molecule has 0 saturated heterocycles.